The largest absolute Gasteiger partial charge is 0.489 e. The lowest BCUT2D eigenvalue weighted by Crippen LogP contribution is -2.29. The van der Waals surface area contributed by atoms with Gasteiger partial charge in [-0.05, 0) is 27.2 Å². The lowest BCUT2D eigenvalue weighted by molar-refractivity contribution is 0.158. The molecule has 0 N–H and O–H groups in total. The summed E-state index contributed by atoms with van der Waals surface area (Å²) in [5.41, 5.74) is 2.27. The zero-order valence-electron chi connectivity index (χ0n) is 15.9. The SMILES string of the molecule is Cc1cc(O[C@@H]2CCN(C(C)c3nc4c(cc3F)OCCO4)C2)cc(C)n1. The number of ether oxygens (including phenoxy) is 3. The van der Waals surface area contributed by atoms with Crippen molar-refractivity contribution in [3.05, 3.63) is 41.1 Å². The summed E-state index contributed by atoms with van der Waals surface area (Å²) in [6.07, 6.45) is 0.950. The topological polar surface area (TPSA) is 56.7 Å². The molecule has 2 aliphatic heterocycles. The van der Waals surface area contributed by atoms with E-state index in [1.54, 1.807) is 0 Å². The first-order valence-electron chi connectivity index (χ1n) is 9.31. The Kier molecular flexibility index (Phi) is 4.86. The molecule has 0 saturated carbocycles. The van der Waals surface area contributed by atoms with Crippen LogP contribution in [0.2, 0.25) is 0 Å². The van der Waals surface area contributed by atoms with Gasteiger partial charge in [-0.2, -0.15) is 0 Å². The summed E-state index contributed by atoms with van der Waals surface area (Å²) in [7, 11) is 0. The molecule has 1 saturated heterocycles. The van der Waals surface area contributed by atoms with Gasteiger partial charge in [-0.25, -0.2) is 9.37 Å². The molecule has 144 valence electrons. The summed E-state index contributed by atoms with van der Waals surface area (Å²) >= 11 is 0. The van der Waals surface area contributed by atoms with E-state index in [1.807, 2.05) is 32.9 Å². The second-order valence-corrected chi connectivity index (χ2v) is 7.14. The van der Waals surface area contributed by atoms with Crippen LogP contribution in [0.1, 0.15) is 36.5 Å². The monoisotopic (exact) mass is 373 g/mol. The van der Waals surface area contributed by atoms with Gasteiger partial charge in [0.1, 0.15) is 30.9 Å². The van der Waals surface area contributed by atoms with Gasteiger partial charge in [0, 0.05) is 42.7 Å². The highest BCUT2D eigenvalue weighted by atomic mass is 19.1. The van der Waals surface area contributed by atoms with E-state index < -0.39 is 0 Å². The van der Waals surface area contributed by atoms with E-state index >= 15 is 0 Å². The van der Waals surface area contributed by atoms with Crippen molar-refractivity contribution in [1.82, 2.24) is 14.9 Å². The summed E-state index contributed by atoms with van der Waals surface area (Å²) in [4.78, 5) is 10.9. The number of rotatable bonds is 4. The fourth-order valence-corrected chi connectivity index (χ4v) is 3.69. The van der Waals surface area contributed by atoms with Gasteiger partial charge in [0.05, 0.1) is 11.7 Å². The van der Waals surface area contributed by atoms with Crippen LogP contribution >= 0.6 is 0 Å². The molecule has 2 atom stereocenters. The van der Waals surface area contributed by atoms with Gasteiger partial charge in [0.15, 0.2) is 5.75 Å². The number of hydrogen-bond acceptors (Lipinski definition) is 6. The Morgan fingerprint density at radius 3 is 2.67 bits per heavy atom. The number of aromatic nitrogens is 2. The minimum Gasteiger partial charge on any atom is -0.489 e. The van der Waals surface area contributed by atoms with Gasteiger partial charge < -0.3 is 14.2 Å². The second-order valence-electron chi connectivity index (χ2n) is 7.14. The summed E-state index contributed by atoms with van der Waals surface area (Å²) < 4.78 is 31.6. The predicted octanol–water partition coefficient (Wildman–Crippen LogP) is 3.22. The first-order valence-corrected chi connectivity index (χ1v) is 9.31. The average molecular weight is 373 g/mol. The first-order chi connectivity index (χ1) is 13.0. The Morgan fingerprint density at radius 2 is 1.89 bits per heavy atom. The molecule has 0 radical (unpaired) electrons. The van der Waals surface area contributed by atoms with E-state index in [4.69, 9.17) is 14.2 Å². The maximum Gasteiger partial charge on any atom is 0.257 e. The van der Waals surface area contributed by atoms with E-state index in [9.17, 15) is 4.39 Å². The molecular formula is C20H24FN3O3. The molecule has 4 rings (SSSR count). The number of fused-ring (bicyclic) bond motifs is 1. The Balaban J connectivity index is 1.45. The van der Waals surface area contributed by atoms with Crippen molar-refractivity contribution in [3.8, 4) is 17.4 Å². The van der Waals surface area contributed by atoms with E-state index in [0.717, 1.165) is 36.6 Å². The zero-order chi connectivity index (χ0) is 19.0. The molecule has 27 heavy (non-hydrogen) atoms. The smallest absolute Gasteiger partial charge is 0.257 e. The van der Waals surface area contributed by atoms with E-state index in [0.29, 0.717) is 30.5 Å². The molecule has 4 heterocycles. The van der Waals surface area contributed by atoms with Crippen LogP contribution in [0, 0.1) is 19.7 Å². The Morgan fingerprint density at radius 1 is 1.15 bits per heavy atom. The Labute approximate surface area is 158 Å². The van der Waals surface area contributed by atoms with E-state index in [2.05, 4.69) is 14.9 Å². The number of halogens is 1. The highest BCUT2D eigenvalue weighted by Crippen LogP contribution is 2.34. The van der Waals surface area contributed by atoms with Crippen LogP contribution in [0.3, 0.4) is 0 Å². The molecule has 2 aliphatic rings. The molecule has 0 spiro atoms. The molecule has 0 amide bonds. The Hall–Kier alpha value is -2.41. The van der Waals surface area contributed by atoms with Crippen LogP contribution in [0.4, 0.5) is 4.39 Å². The normalized spacial score (nSPS) is 20.5. The molecule has 2 aromatic rings. The summed E-state index contributed by atoms with van der Waals surface area (Å²) in [6, 6.07) is 5.10. The van der Waals surface area contributed by atoms with Crippen LogP contribution in [-0.2, 0) is 0 Å². The fraction of sp³-hybridized carbons (Fsp3) is 0.500. The molecule has 2 aromatic heterocycles. The zero-order valence-corrected chi connectivity index (χ0v) is 15.9. The van der Waals surface area contributed by atoms with Crippen molar-refractivity contribution in [2.24, 2.45) is 0 Å². The highest BCUT2D eigenvalue weighted by molar-refractivity contribution is 5.37. The van der Waals surface area contributed by atoms with Crippen LogP contribution in [-0.4, -0.2) is 47.3 Å². The maximum absolute atomic E-state index is 14.6. The number of hydrogen-bond donors (Lipinski definition) is 0. The van der Waals surface area contributed by atoms with Crippen molar-refractivity contribution in [1.29, 1.82) is 0 Å². The third-order valence-corrected chi connectivity index (χ3v) is 4.99. The van der Waals surface area contributed by atoms with Gasteiger partial charge in [-0.15, -0.1) is 0 Å². The van der Waals surface area contributed by atoms with Crippen molar-refractivity contribution < 1.29 is 18.6 Å². The quantitative estimate of drug-likeness (QED) is 0.820. The number of likely N-dealkylation sites (tertiary alicyclic amines) is 1. The number of aryl methyl sites for hydroxylation is 2. The minimum atomic E-state index is -0.364. The van der Waals surface area contributed by atoms with Crippen molar-refractivity contribution in [2.45, 2.75) is 39.3 Å². The molecule has 1 unspecified atom stereocenters. The number of nitrogens with zero attached hydrogens (tertiary/aromatic N) is 3. The third kappa shape index (κ3) is 3.83. The van der Waals surface area contributed by atoms with Gasteiger partial charge in [0.25, 0.3) is 5.88 Å². The lowest BCUT2D eigenvalue weighted by atomic mass is 10.1. The highest BCUT2D eigenvalue weighted by Gasteiger charge is 2.31. The van der Waals surface area contributed by atoms with Crippen LogP contribution in [0.5, 0.6) is 17.4 Å². The lowest BCUT2D eigenvalue weighted by Gasteiger charge is -2.26. The van der Waals surface area contributed by atoms with Gasteiger partial charge >= 0.3 is 0 Å². The Bertz CT molecular complexity index is 825. The summed E-state index contributed by atoms with van der Waals surface area (Å²) in [5, 5.41) is 0. The van der Waals surface area contributed by atoms with Crippen molar-refractivity contribution in [3.63, 3.8) is 0 Å². The fourth-order valence-electron chi connectivity index (χ4n) is 3.69. The van der Waals surface area contributed by atoms with Crippen molar-refractivity contribution in [2.75, 3.05) is 26.3 Å². The molecule has 7 heteroatoms. The molecule has 0 aliphatic carbocycles. The maximum atomic E-state index is 14.6. The second kappa shape index (κ2) is 7.31. The third-order valence-electron chi connectivity index (χ3n) is 4.99. The molecule has 1 fully saturated rings. The van der Waals surface area contributed by atoms with Gasteiger partial charge in [-0.1, -0.05) is 0 Å². The van der Waals surface area contributed by atoms with Crippen molar-refractivity contribution >= 4 is 0 Å². The van der Waals surface area contributed by atoms with E-state index in [-0.39, 0.29) is 18.0 Å². The molecule has 6 nitrogen and oxygen atoms in total. The van der Waals surface area contributed by atoms with Gasteiger partial charge in [0.2, 0.25) is 0 Å². The first kappa shape index (κ1) is 18.0. The molecule has 0 aromatic carbocycles. The number of pyridine rings is 2. The average Bonchev–Trinajstić information content (AvgIpc) is 3.08. The summed E-state index contributed by atoms with van der Waals surface area (Å²) in [5.74, 6) is 1.22. The van der Waals surface area contributed by atoms with Gasteiger partial charge in [-0.3, -0.25) is 9.88 Å². The minimum absolute atomic E-state index is 0.0638. The predicted molar refractivity (Wildman–Crippen MR) is 97.9 cm³/mol. The van der Waals surface area contributed by atoms with E-state index in [1.165, 1.54) is 6.07 Å². The van der Waals surface area contributed by atoms with Crippen LogP contribution < -0.4 is 14.2 Å². The molecular weight excluding hydrogens is 349 g/mol. The molecule has 0 bridgehead atoms. The standard InChI is InChI=1S/C20H24FN3O3/c1-12-8-16(9-13(2)22-12)27-15-4-5-24(11-15)14(3)19-17(21)10-18-20(23-19)26-7-6-25-18/h8-10,14-15H,4-7,11H2,1-3H3/t14?,15-/m1/s1. The van der Waals surface area contributed by atoms with Crippen LogP contribution in [0.15, 0.2) is 18.2 Å². The summed E-state index contributed by atoms with van der Waals surface area (Å²) in [6.45, 7) is 8.27. The van der Waals surface area contributed by atoms with Crippen LogP contribution in [0.25, 0.3) is 0 Å².